The summed E-state index contributed by atoms with van der Waals surface area (Å²) < 4.78 is 45.5. The van der Waals surface area contributed by atoms with Crippen molar-refractivity contribution >= 4 is 22.6 Å². The van der Waals surface area contributed by atoms with E-state index in [0.29, 0.717) is 31.5 Å². The number of ether oxygens (including phenoxy) is 1. The molecule has 190 valence electrons. The van der Waals surface area contributed by atoms with Gasteiger partial charge in [0.25, 0.3) is 0 Å². The third kappa shape index (κ3) is 7.04. The van der Waals surface area contributed by atoms with E-state index in [9.17, 15) is 23.1 Å². The Bertz CT molecular complexity index is 921. The van der Waals surface area contributed by atoms with E-state index in [2.05, 4.69) is 43.1 Å². The van der Waals surface area contributed by atoms with Gasteiger partial charge in [-0.25, -0.2) is 4.39 Å². The molecule has 3 atom stereocenters. The number of allylic oxidation sites excluding steroid dienone is 1. The number of alkyl halides is 2. The monoisotopic (exact) mass is 499 g/mol. The molecule has 1 saturated heterocycles. The normalized spacial score (nSPS) is 22.6. The molecule has 1 aromatic carbocycles. The maximum Gasteiger partial charge on any atom is 0.387 e. The Labute approximate surface area is 205 Å². The van der Waals surface area contributed by atoms with E-state index < -0.39 is 23.8 Å². The number of hydrogen-bond donors (Lipinski definition) is 1. The lowest BCUT2D eigenvalue weighted by atomic mass is 9.74. The minimum atomic E-state index is -3.08. The van der Waals surface area contributed by atoms with Gasteiger partial charge >= 0.3 is 12.6 Å². The quantitative estimate of drug-likeness (QED) is 0.349. The standard InChI is InChI=1S/C26H36F3NO3S/c1-7-16(3)11-20(14-30-13-17(4)12-26(8-2,15-30)24(31)32)34-19(6)22-21(33-25(28)29)10-9-18(5)23(22)27/h9-11,16-17,25H,6-8,12-15H2,1-5H3,(H,31,32)/b20-11-/t16?,17?,26-/m1/s1. The van der Waals surface area contributed by atoms with Gasteiger partial charge in [-0.3, -0.25) is 9.69 Å². The number of carboxylic acids is 1. The molecule has 34 heavy (non-hydrogen) atoms. The van der Waals surface area contributed by atoms with E-state index >= 15 is 0 Å². The Morgan fingerprint density at radius 3 is 2.65 bits per heavy atom. The predicted molar refractivity (Wildman–Crippen MR) is 133 cm³/mol. The minimum Gasteiger partial charge on any atom is -0.481 e. The highest BCUT2D eigenvalue weighted by atomic mass is 32.2. The number of thioether (sulfide) groups is 1. The van der Waals surface area contributed by atoms with Crippen LogP contribution in [0.4, 0.5) is 13.2 Å². The van der Waals surface area contributed by atoms with Gasteiger partial charge in [-0.05, 0) is 43.2 Å². The first kappa shape index (κ1) is 28.3. The fourth-order valence-corrected chi connectivity index (χ4v) is 5.67. The second-order valence-corrected chi connectivity index (χ2v) is 10.6. The van der Waals surface area contributed by atoms with E-state index in [1.165, 1.54) is 23.9 Å². The molecule has 1 heterocycles. The van der Waals surface area contributed by atoms with Gasteiger partial charge in [0, 0.05) is 29.4 Å². The SMILES string of the molecule is C=C(S/C(=C\C(C)CC)CN1CC(C)C[C@@](CC)(C(=O)O)C1)c1c(OC(F)F)ccc(C)c1F. The highest BCUT2D eigenvalue weighted by Gasteiger charge is 2.43. The summed E-state index contributed by atoms with van der Waals surface area (Å²) in [6, 6.07) is 2.73. The van der Waals surface area contributed by atoms with Crippen LogP contribution in [-0.4, -0.2) is 42.2 Å². The zero-order chi connectivity index (χ0) is 25.6. The first-order valence-electron chi connectivity index (χ1n) is 11.7. The third-order valence-corrected chi connectivity index (χ3v) is 7.48. The van der Waals surface area contributed by atoms with Crippen molar-refractivity contribution in [3.8, 4) is 5.75 Å². The van der Waals surface area contributed by atoms with Gasteiger partial charge < -0.3 is 9.84 Å². The predicted octanol–water partition coefficient (Wildman–Crippen LogP) is 7.19. The Balaban J connectivity index is 2.35. The molecule has 1 aromatic rings. The minimum absolute atomic E-state index is 0.0687. The summed E-state index contributed by atoms with van der Waals surface area (Å²) in [6.07, 6.45) is 4.13. The molecule has 8 heteroatoms. The van der Waals surface area contributed by atoms with Gasteiger partial charge in [-0.15, -0.1) is 0 Å². The molecule has 0 aromatic heterocycles. The van der Waals surface area contributed by atoms with E-state index in [4.69, 9.17) is 0 Å². The zero-order valence-corrected chi connectivity index (χ0v) is 21.5. The maximum absolute atomic E-state index is 15.0. The fourth-order valence-electron chi connectivity index (χ4n) is 4.51. The molecule has 0 bridgehead atoms. The third-order valence-electron chi connectivity index (χ3n) is 6.51. The summed E-state index contributed by atoms with van der Waals surface area (Å²) in [5.74, 6) is -1.23. The van der Waals surface area contributed by atoms with Gasteiger partial charge in [0.2, 0.25) is 0 Å². The van der Waals surface area contributed by atoms with Crippen molar-refractivity contribution in [3.63, 3.8) is 0 Å². The van der Waals surface area contributed by atoms with Crippen LogP contribution in [0, 0.1) is 30.0 Å². The first-order chi connectivity index (χ1) is 15.9. The summed E-state index contributed by atoms with van der Waals surface area (Å²) in [6.45, 7) is 12.2. The van der Waals surface area contributed by atoms with Crippen molar-refractivity contribution < 1.29 is 27.8 Å². The number of carbonyl (C=O) groups is 1. The molecular weight excluding hydrogens is 463 g/mol. The van der Waals surface area contributed by atoms with Gasteiger partial charge in [0.05, 0.1) is 11.0 Å². The van der Waals surface area contributed by atoms with Crippen LogP contribution < -0.4 is 4.74 Å². The average molecular weight is 500 g/mol. The smallest absolute Gasteiger partial charge is 0.387 e. The van der Waals surface area contributed by atoms with Crippen LogP contribution in [0.15, 0.2) is 29.7 Å². The van der Waals surface area contributed by atoms with Crippen LogP contribution in [-0.2, 0) is 4.79 Å². The number of aliphatic carboxylic acids is 1. The summed E-state index contributed by atoms with van der Waals surface area (Å²) in [4.78, 5) is 15.4. The van der Waals surface area contributed by atoms with Crippen LogP contribution in [0.2, 0.25) is 0 Å². The summed E-state index contributed by atoms with van der Waals surface area (Å²) >= 11 is 1.23. The Kier molecular flexibility index (Phi) is 10.1. The van der Waals surface area contributed by atoms with Crippen LogP contribution in [0.5, 0.6) is 5.75 Å². The van der Waals surface area contributed by atoms with Gasteiger partial charge in [-0.2, -0.15) is 8.78 Å². The van der Waals surface area contributed by atoms with Gasteiger partial charge in [0.15, 0.2) is 0 Å². The molecule has 0 spiro atoms. The number of aryl methyl sites for hydroxylation is 1. The molecule has 0 saturated carbocycles. The lowest BCUT2D eigenvalue weighted by Gasteiger charge is -2.43. The largest absolute Gasteiger partial charge is 0.481 e. The van der Waals surface area contributed by atoms with Gasteiger partial charge in [0.1, 0.15) is 11.6 Å². The number of nitrogens with zero attached hydrogens (tertiary/aromatic N) is 1. The first-order valence-corrected chi connectivity index (χ1v) is 12.5. The van der Waals surface area contributed by atoms with E-state index in [-0.39, 0.29) is 28.1 Å². The molecule has 2 unspecified atom stereocenters. The number of likely N-dealkylation sites (tertiary alicyclic amines) is 1. The Hall–Kier alpha value is -1.93. The van der Waals surface area contributed by atoms with E-state index in [0.717, 1.165) is 17.9 Å². The molecular formula is C26H36F3NO3S. The molecule has 1 N–H and O–H groups in total. The van der Waals surface area contributed by atoms with Crippen molar-refractivity contribution in [2.45, 2.75) is 60.5 Å². The summed E-state index contributed by atoms with van der Waals surface area (Å²) in [5.41, 5.74) is -0.562. The van der Waals surface area contributed by atoms with Crippen LogP contribution >= 0.6 is 11.8 Å². The lowest BCUT2D eigenvalue weighted by Crippen LogP contribution is -2.50. The van der Waals surface area contributed by atoms with E-state index in [1.54, 1.807) is 6.92 Å². The summed E-state index contributed by atoms with van der Waals surface area (Å²) in [7, 11) is 0. The molecule has 0 aliphatic carbocycles. The number of benzene rings is 1. The van der Waals surface area contributed by atoms with E-state index in [1.807, 2.05) is 6.92 Å². The number of halogens is 3. The van der Waals surface area contributed by atoms with Crippen molar-refractivity contribution in [2.24, 2.45) is 17.3 Å². The zero-order valence-electron chi connectivity index (χ0n) is 20.7. The van der Waals surface area contributed by atoms with Gasteiger partial charge in [-0.1, -0.05) is 64.6 Å². The average Bonchev–Trinajstić information content (AvgIpc) is 2.75. The molecule has 2 rings (SSSR count). The molecule has 1 aliphatic rings. The second kappa shape index (κ2) is 12.2. The van der Waals surface area contributed by atoms with Crippen molar-refractivity contribution in [2.75, 3.05) is 19.6 Å². The Morgan fingerprint density at radius 1 is 1.41 bits per heavy atom. The Morgan fingerprint density at radius 2 is 2.09 bits per heavy atom. The van der Waals surface area contributed by atoms with Crippen molar-refractivity contribution in [1.29, 1.82) is 0 Å². The molecule has 0 radical (unpaired) electrons. The van der Waals surface area contributed by atoms with Crippen LogP contribution in [0.3, 0.4) is 0 Å². The molecule has 4 nitrogen and oxygen atoms in total. The maximum atomic E-state index is 15.0. The fraction of sp³-hybridized carbons (Fsp3) is 0.577. The molecule has 1 fully saturated rings. The summed E-state index contributed by atoms with van der Waals surface area (Å²) in [5, 5.41) is 9.92. The number of hydrogen-bond acceptors (Lipinski definition) is 4. The van der Waals surface area contributed by atoms with Crippen LogP contribution in [0.25, 0.3) is 4.91 Å². The molecule has 0 amide bonds. The molecule has 1 aliphatic heterocycles. The second-order valence-electron chi connectivity index (χ2n) is 9.41. The number of carboxylic acid groups (broad SMARTS) is 1. The highest BCUT2D eigenvalue weighted by Crippen LogP contribution is 2.42. The number of piperidine rings is 1. The number of rotatable bonds is 11. The topological polar surface area (TPSA) is 49.8 Å². The van der Waals surface area contributed by atoms with Crippen molar-refractivity contribution in [1.82, 2.24) is 4.90 Å². The highest BCUT2D eigenvalue weighted by molar-refractivity contribution is 8.11. The lowest BCUT2D eigenvalue weighted by molar-refractivity contribution is -0.154. The van der Waals surface area contributed by atoms with Crippen LogP contribution in [0.1, 0.15) is 58.1 Å². The van der Waals surface area contributed by atoms with Crippen molar-refractivity contribution in [3.05, 3.63) is 46.6 Å².